The Bertz CT molecular complexity index is 492. The quantitative estimate of drug-likeness (QED) is 0.679. The van der Waals surface area contributed by atoms with Gasteiger partial charge in [-0.15, -0.1) is 0 Å². The fraction of sp³-hybridized carbons (Fsp3) is 0.333. The van der Waals surface area contributed by atoms with Gasteiger partial charge in [0.15, 0.2) is 0 Å². The van der Waals surface area contributed by atoms with E-state index in [2.05, 4.69) is 20.1 Å². The maximum atomic E-state index is 14.2. The van der Waals surface area contributed by atoms with Crippen LogP contribution in [0.15, 0.2) is 72.3 Å². The highest BCUT2D eigenvalue weighted by atomic mass is 19.1. The normalized spacial score (nSPS) is 20.9. The molecule has 0 spiro atoms. The summed E-state index contributed by atoms with van der Waals surface area (Å²) in [5.41, 5.74) is 7.57. The Balaban J connectivity index is 2.74. The molecular weight excluding hydrogens is 249 g/mol. The summed E-state index contributed by atoms with van der Waals surface area (Å²) in [5, 5.41) is 0. The summed E-state index contributed by atoms with van der Waals surface area (Å²) in [6, 6.07) is 0. The molecule has 0 aromatic heterocycles. The molecule has 1 aliphatic carbocycles. The van der Waals surface area contributed by atoms with Crippen LogP contribution in [0.5, 0.6) is 0 Å². The van der Waals surface area contributed by atoms with E-state index in [1.54, 1.807) is 6.08 Å². The van der Waals surface area contributed by atoms with Crippen LogP contribution in [0.3, 0.4) is 0 Å². The Morgan fingerprint density at radius 3 is 2.75 bits per heavy atom. The first kappa shape index (κ1) is 16.2. The first-order chi connectivity index (χ1) is 9.47. The molecule has 108 valence electrons. The highest BCUT2D eigenvalue weighted by Crippen LogP contribution is 2.33. The molecule has 0 aromatic rings. The zero-order valence-electron chi connectivity index (χ0n) is 12.4. The Hall–Kier alpha value is -1.83. The molecule has 2 unspecified atom stereocenters. The van der Waals surface area contributed by atoms with Gasteiger partial charge in [-0.1, -0.05) is 57.4 Å². The van der Waals surface area contributed by atoms with Gasteiger partial charge in [0, 0.05) is 17.2 Å². The topological polar surface area (TPSA) is 26.0 Å². The van der Waals surface area contributed by atoms with Crippen molar-refractivity contribution in [3.05, 3.63) is 72.3 Å². The number of halogens is 1. The molecule has 0 amide bonds. The van der Waals surface area contributed by atoms with Gasteiger partial charge >= 0.3 is 0 Å². The lowest BCUT2D eigenvalue weighted by molar-refractivity contribution is 0.467. The van der Waals surface area contributed by atoms with Crippen molar-refractivity contribution in [2.75, 3.05) is 0 Å². The number of nitrogens with two attached hydrogens (primary N) is 1. The Kier molecular flexibility index (Phi) is 6.23. The lowest BCUT2D eigenvalue weighted by atomic mass is 9.83. The summed E-state index contributed by atoms with van der Waals surface area (Å²) in [6.07, 6.45) is 13.0. The van der Waals surface area contributed by atoms with Crippen LogP contribution >= 0.6 is 0 Å². The van der Waals surface area contributed by atoms with Crippen LogP contribution in [0.1, 0.15) is 26.7 Å². The summed E-state index contributed by atoms with van der Waals surface area (Å²) in [7, 11) is 0. The lowest BCUT2D eigenvalue weighted by Gasteiger charge is -2.24. The van der Waals surface area contributed by atoms with E-state index in [0.717, 1.165) is 12.8 Å². The van der Waals surface area contributed by atoms with Crippen LogP contribution in [-0.2, 0) is 0 Å². The number of hydrogen-bond acceptors (Lipinski definition) is 1. The summed E-state index contributed by atoms with van der Waals surface area (Å²) in [4.78, 5) is 0. The third-order valence-corrected chi connectivity index (χ3v) is 3.57. The van der Waals surface area contributed by atoms with Crippen LogP contribution in [0.4, 0.5) is 4.39 Å². The van der Waals surface area contributed by atoms with Crippen molar-refractivity contribution >= 4 is 0 Å². The average molecular weight is 273 g/mol. The van der Waals surface area contributed by atoms with Crippen molar-refractivity contribution in [1.29, 1.82) is 0 Å². The van der Waals surface area contributed by atoms with Crippen LogP contribution in [-0.4, -0.2) is 0 Å². The average Bonchev–Trinajstić information content (AvgIpc) is 2.42. The Morgan fingerprint density at radius 1 is 1.50 bits per heavy atom. The molecule has 20 heavy (non-hydrogen) atoms. The van der Waals surface area contributed by atoms with Crippen molar-refractivity contribution < 1.29 is 4.39 Å². The molecule has 0 aliphatic heterocycles. The monoisotopic (exact) mass is 273 g/mol. The Labute approximate surface area is 121 Å². The molecule has 0 bridgehead atoms. The van der Waals surface area contributed by atoms with Gasteiger partial charge in [-0.3, -0.25) is 0 Å². The van der Waals surface area contributed by atoms with E-state index in [1.807, 2.05) is 37.3 Å². The first-order valence-corrected chi connectivity index (χ1v) is 7.02. The van der Waals surface area contributed by atoms with Crippen LogP contribution in [0.2, 0.25) is 0 Å². The van der Waals surface area contributed by atoms with E-state index in [1.165, 1.54) is 0 Å². The lowest BCUT2D eigenvalue weighted by Crippen LogP contribution is -2.18. The Morgan fingerprint density at radius 2 is 2.20 bits per heavy atom. The number of allylic oxidation sites excluding steroid dienone is 10. The molecule has 0 heterocycles. The summed E-state index contributed by atoms with van der Waals surface area (Å²) >= 11 is 0. The van der Waals surface area contributed by atoms with Crippen molar-refractivity contribution in [3.63, 3.8) is 0 Å². The van der Waals surface area contributed by atoms with E-state index in [4.69, 9.17) is 5.73 Å². The highest BCUT2D eigenvalue weighted by Gasteiger charge is 2.22. The zero-order valence-corrected chi connectivity index (χ0v) is 12.4. The minimum absolute atomic E-state index is 0.0769. The maximum absolute atomic E-state index is 14.2. The molecule has 1 rings (SSSR count). The third-order valence-electron chi connectivity index (χ3n) is 3.57. The molecule has 0 saturated heterocycles. The van der Waals surface area contributed by atoms with Gasteiger partial charge in [0.1, 0.15) is 5.83 Å². The second kappa shape index (κ2) is 7.68. The molecule has 0 aromatic carbocycles. The third kappa shape index (κ3) is 4.37. The molecule has 2 atom stereocenters. The van der Waals surface area contributed by atoms with Gasteiger partial charge in [-0.25, -0.2) is 4.39 Å². The van der Waals surface area contributed by atoms with E-state index in [-0.39, 0.29) is 17.7 Å². The van der Waals surface area contributed by atoms with E-state index >= 15 is 0 Å². The van der Waals surface area contributed by atoms with E-state index in [0.29, 0.717) is 16.8 Å². The standard InChI is InChI=1S/C18H24FN/c1-5-6-7-8-9-13(2)17-11-10-16(12-18(17)19)14(3)15(4)20/h6-9,11-12,14,16H,2,4-5,10,20H2,1,3H3/b7-6?,9-8-. The molecule has 0 fully saturated rings. The largest absolute Gasteiger partial charge is 0.402 e. The van der Waals surface area contributed by atoms with Gasteiger partial charge in [-0.05, 0) is 30.4 Å². The molecule has 0 radical (unpaired) electrons. The molecule has 2 heteroatoms. The molecule has 2 N–H and O–H groups in total. The summed E-state index contributed by atoms with van der Waals surface area (Å²) in [5.74, 6) is -0.0636. The maximum Gasteiger partial charge on any atom is 0.127 e. The van der Waals surface area contributed by atoms with Gasteiger partial charge in [0.25, 0.3) is 0 Å². The first-order valence-electron chi connectivity index (χ1n) is 7.02. The van der Waals surface area contributed by atoms with Crippen molar-refractivity contribution in [2.24, 2.45) is 17.6 Å². The predicted octanol–water partition coefficient (Wildman–Crippen LogP) is 4.97. The highest BCUT2D eigenvalue weighted by molar-refractivity contribution is 5.50. The minimum atomic E-state index is -0.219. The number of hydrogen-bond donors (Lipinski definition) is 1. The SMILES string of the molecule is C=C(/C=C\C=CCC)C1=CCC(C(C)C(=C)N)C=C1F. The molecule has 1 nitrogen and oxygen atoms in total. The van der Waals surface area contributed by atoms with Gasteiger partial charge in [-0.2, -0.15) is 0 Å². The zero-order chi connectivity index (χ0) is 15.1. The number of rotatable bonds is 6. The van der Waals surface area contributed by atoms with Crippen molar-refractivity contribution in [2.45, 2.75) is 26.7 Å². The van der Waals surface area contributed by atoms with Crippen molar-refractivity contribution in [1.82, 2.24) is 0 Å². The predicted molar refractivity (Wildman–Crippen MR) is 85.6 cm³/mol. The van der Waals surface area contributed by atoms with E-state index in [9.17, 15) is 4.39 Å². The molecule has 0 saturated carbocycles. The second-order valence-corrected chi connectivity index (χ2v) is 5.12. The van der Waals surface area contributed by atoms with Crippen LogP contribution < -0.4 is 5.73 Å². The van der Waals surface area contributed by atoms with Crippen LogP contribution in [0.25, 0.3) is 0 Å². The fourth-order valence-corrected chi connectivity index (χ4v) is 2.08. The van der Waals surface area contributed by atoms with Crippen LogP contribution in [0, 0.1) is 11.8 Å². The second-order valence-electron chi connectivity index (χ2n) is 5.12. The smallest absolute Gasteiger partial charge is 0.127 e. The van der Waals surface area contributed by atoms with Crippen molar-refractivity contribution in [3.8, 4) is 0 Å². The summed E-state index contributed by atoms with van der Waals surface area (Å²) in [6.45, 7) is 11.7. The van der Waals surface area contributed by atoms with Gasteiger partial charge in [0.2, 0.25) is 0 Å². The molecular formula is C18H24FN. The van der Waals surface area contributed by atoms with Gasteiger partial charge in [0.05, 0.1) is 0 Å². The minimum Gasteiger partial charge on any atom is -0.402 e. The van der Waals surface area contributed by atoms with Gasteiger partial charge < -0.3 is 5.73 Å². The fourth-order valence-electron chi connectivity index (χ4n) is 2.08. The van der Waals surface area contributed by atoms with E-state index < -0.39 is 0 Å². The molecule has 1 aliphatic rings. The summed E-state index contributed by atoms with van der Waals surface area (Å²) < 4.78 is 14.2.